The molecule has 1 rings (SSSR count). The summed E-state index contributed by atoms with van der Waals surface area (Å²) in [6.45, 7) is 14.0. The molecule has 1 fully saturated rings. The Kier molecular flexibility index (Phi) is 5.08. The van der Waals surface area contributed by atoms with E-state index >= 15 is 0 Å². The number of nitrogens with one attached hydrogen (secondary N) is 1. The summed E-state index contributed by atoms with van der Waals surface area (Å²) in [5.74, 6) is 0. The molecule has 1 saturated heterocycles. The van der Waals surface area contributed by atoms with Crippen LogP contribution in [-0.2, 0) is 0 Å². The zero-order chi connectivity index (χ0) is 12.4. The smallest absolute Gasteiger partial charge is 0.0217 e. The molecule has 2 nitrogen and oxygen atoms in total. The van der Waals surface area contributed by atoms with Crippen LogP contribution in [0.5, 0.6) is 0 Å². The van der Waals surface area contributed by atoms with Gasteiger partial charge in [-0.05, 0) is 47.5 Å². The molecule has 0 aromatic rings. The Morgan fingerprint density at radius 3 is 2.00 bits per heavy atom. The molecule has 0 aliphatic carbocycles. The lowest BCUT2D eigenvalue weighted by atomic mass is 9.96. The van der Waals surface area contributed by atoms with E-state index in [0.717, 1.165) is 0 Å². The van der Waals surface area contributed by atoms with Gasteiger partial charge in [-0.25, -0.2) is 0 Å². The Morgan fingerprint density at radius 1 is 1.12 bits per heavy atom. The molecule has 0 spiro atoms. The largest absolute Gasteiger partial charge is 0.308 e. The maximum absolute atomic E-state index is 3.78. The highest BCUT2D eigenvalue weighted by atomic mass is 127. The van der Waals surface area contributed by atoms with E-state index in [4.69, 9.17) is 0 Å². The topological polar surface area (TPSA) is 15.3 Å². The number of alkyl halides is 1. The van der Waals surface area contributed by atoms with Gasteiger partial charge in [-0.2, -0.15) is 0 Å². The monoisotopic (exact) mass is 338 g/mol. The Bertz CT molecular complexity index is 212. The van der Waals surface area contributed by atoms with Gasteiger partial charge >= 0.3 is 0 Å². The van der Waals surface area contributed by atoms with Gasteiger partial charge < -0.3 is 5.32 Å². The van der Waals surface area contributed by atoms with Crippen LogP contribution in [0.2, 0.25) is 0 Å². The van der Waals surface area contributed by atoms with Crippen molar-refractivity contribution in [3.05, 3.63) is 0 Å². The third kappa shape index (κ3) is 4.49. The minimum absolute atomic E-state index is 0.287. The van der Waals surface area contributed by atoms with Crippen LogP contribution in [0.3, 0.4) is 0 Å². The molecular weight excluding hydrogens is 311 g/mol. The van der Waals surface area contributed by atoms with Crippen molar-refractivity contribution >= 4 is 22.6 Å². The Morgan fingerprint density at radius 2 is 1.62 bits per heavy atom. The minimum atomic E-state index is 0.287. The Balaban J connectivity index is 2.38. The first-order valence-corrected chi connectivity index (χ1v) is 7.86. The number of halogens is 1. The Labute approximate surface area is 115 Å². The fourth-order valence-corrected chi connectivity index (χ4v) is 2.51. The molecular formula is C13H27IN2. The number of piperidine rings is 1. The van der Waals surface area contributed by atoms with Gasteiger partial charge in [0.05, 0.1) is 0 Å². The normalized spacial score (nSPS) is 21.4. The van der Waals surface area contributed by atoms with Crippen LogP contribution in [0.4, 0.5) is 0 Å². The van der Waals surface area contributed by atoms with Gasteiger partial charge in [0, 0.05) is 34.6 Å². The molecule has 16 heavy (non-hydrogen) atoms. The summed E-state index contributed by atoms with van der Waals surface area (Å²) in [6.07, 6.45) is 2.58. The Hall–Kier alpha value is 0.650. The molecule has 96 valence electrons. The van der Waals surface area contributed by atoms with Gasteiger partial charge in [0.15, 0.2) is 0 Å². The van der Waals surface area contributed by atoms with E-state index in [9.17, 15) is 0 Å². The third-order valence-corrected chi connectivity index (χ3v) is 5.28. The van der Waals surface area contributed by atoms with Crippen molar-refractivity contribution in [2.24, 2.45) is 0 Å². The van der Waals surface area contributed by atoms with Crippen molar-refractivity contribution in [2.45, 2.75) is 64.6 Å². The summed E-state index contributed by atoms with van der Waals surface area (Å²) in [5, 5.41) is 3.78. The van der Waals surface area contributed by atoms with E-state index in [1.807, 2.05) is 0 Å². The number of hydrogen-bond acceptors (Lipinski definition) is 2. The molecule has 1 aliphatic rings. The van der Waals surface area contributed by atoms with Crippen LogP contribution in [-0.4, -0.2) is 39.5 Å². The van der Waals surface area contributed by atoms with Crippen molar-refractivity contribution in [3.8, 4) is 0 Å². The van der Waals surface area contributed by atoms with Crippen molar-refractivity contribution in [1.82, 2.24) is 10.2 Å². The maximum atomic E-state index is 3.78. The highest BCUT2D eigenvalue weighted by Gasteiger charge is 2.29. The molecule has 1 aliphatic heterocycles. The second-order valence-electron chi connectivity index (χ2n) is 6.59. The van der Waals surface area contributed by atoms with E-state index in [-0.39, 0.29) is 5.54 Å². The van der Waals surface area contributed by atoms with Gasteiger partial charge in [0.1, 0.15) is 0 Å². The molecule has 0 saturated carbocycles. The van der Waals surface area contributed by atoms with Crippen LogP contribution in [0.25, 0.3) is 0 Å². The van der Waals surface area contributed by atoms with Crippen molar-refractivity contribution in [2.75, 3.05) is 17.5 Å². The van der Waals surface area contributed by atoms with Crippen LogP contribution in [0, 0.1) is 0 Å². The first-order valence-electron chi connectivity index (χ1n) is 6.33. The highest BCUT2D eigenvalue weighted by molar-refractivity contribution is 14.1. The average molecular weight is 338 g/mol. The lowest BCUT2D eigenvalue weighted by molar-refractivity contribution is 0.0911. The average Bonchev–Trinajstić information content (AvgIpc) is 2.16. The summed E-state index contributed by atoms with van der Waals surface area (Å²) >= 11 is 2.47. The quantitative estimate of drug-likeness (QED) is 0.629. The molecule has 1 N–H and O–H groups in total. The highest BCUT2D eigenvalue weighted by Crippen LogP contribution is 2.21. The van der Waals surface area contributed by atoms with Gasteiger partial charge in [0.25, 0.3) is 0 Å². The molecule has 0 radical (unpaired) electrons. The molecule has 0 aromatic heterocycles. The van der Waals surface area contributed by atoms with E-state index in [2.05, 4.69) is 67.4 Å². The van der Waals surface area contributed by atoms with Gasteiger partial charge in [-0.3, -0.25) is 4.90 Å². The summed E-state index contributed by atoms with van der Waals surface area (Å²) in [7, 11) is 0. The molecule has 0 bridgehead atoms. The fraction of sp³-hybridized carbons (Fsp3) is 1.00. The van der Waals surface area contributed by atoms with Crippen molar-refractivity contribution in [1.29, 1.82) is 0 Å². The second-order valence-corrected chi connectivity index (χ2v) is 7.36. The van der Waals surface area contributed by atoms with Gasteiger partial charge in [0.2, 0.25) is 0 Å². The van der Waals surface area contributed by atoms with Crippen molar-refractivity contribution < 1.29 is 0 Å². The van der Waals surface area contributed by atoms with Crippen LogP contribution >= 0.6 is 22.6 Å². The van der Waals surface area contributed by atoms with Crippen LogP contribution in [0.15, 0.2) is 0 Å². The summed E-state index contributed by atoms with van der Waals surface area (Å²) in [5.41, 5.74) is 0.624. The number of rotatable bonds is 3. The molecule has 1 heterocycles. The standard InChI is InChI=1S/C13H27IN2/c1-12(2,3)16-8-6-11(7-9-16)15-13(4,5)10-14/h11,15H,6-10H2,1-5H3. The fourth-order valence-electron chi connectivity index (χ4n) is 2.29. The van der Waals surface area contributed by atoms with E-state index in [1.54, 1.807) is 0 Å². The SMILES string of the molecule is CC(C)(CI)NC1CCN(C(C)(C)C)CC1. The van der Waals surface area contributed by atoms with Crippen molar-refractivity contribution in [3.63, 3.8) is 0 Å². The van der Waals surface area contributed by atoms with Crippen LogP contribution < -0.4 is 5.32 Å². The first-order chi connectivity index (χ1) is 7.24. The summed E-state index contributed by atoms with van der Waals surface area (Å²) in [6, 6.07) is 0.711. The zero-order valence-corrected chi connectivity index (χ0v) is 13.6. The number of likely N-dealkylation sites (tertiary alicyclic amines) is 1. The predicted octanol–water partition coefficient (Wildman–Crippen LogP) is 3.05. The lowest BCUT2D eigenvalue weighted by Gasteiger charge is -2.42. The lowest BCUT2D eigenvalue weighted by Crippen LogP contribution is -2.54. The van der Waals surface area contributed by atoms with E-state index in [1.165, 1.54) is 30.4 Å². The van der Waals surface area contributed by atoms with Gasteiger partial charge in [-0.15, -0.1) is 0 Å². The van der Waals surface area contributed by atoms with E-state index < -0.39 is 0 Å². The molecule has 3 heteroatoms. The number of hydrogen-bond donors (Lipinski definition) is 1. The molecule has 0 aromatic carbocycles. The van der Waals surface area contributed by atoms with Gasteiger partial charge in [-0.1, -0.05) is 22.6 Å². The number of nitrogens with zero attached hydrogens (tertiary/aromatic N) is 1. The zero-order valence-electron chi connectivity index (χ0n) is 11.4. The molecule has 0 amide bonds. The third-order valence-electron chi connectivity index (χ3n) is 3.37. The summed E-state index contributed by atoms with van der Waals surface area (Å²) in [4.78, 5) is 2.60. The van der Waals surface area contributed by atoms with Crippen LogP contribution in [0.1, 0.15) is 47.5 Å². The summed E-state index contributed by atoms with van der Waals surface area (Å²) < 4.78 is 1.17. The second kappa shape index (κ2) is 5.53. The maximum Gasteiger partial charge on any atom is 0.0217 e. The minimum Gasteiger partial charge on any atom is -0.308 e. The predicted molar refractivity (Wildman–Crippen MR) is 80.4 cm³/mol. The molecule has 0 atom stereocenters. The first kappa shape index (κ1) is 14.7. The van der Waals surface area contributed by atoms with E-state index in [0.29, 0.717) is 11.6 Å². The molecule has 0 unspecified atom stereocenters.